The minimum Gasteiger partial charge on any atom is -0.402 e. The molecule has 4 rings (SSSR count). The van der Waals surface area contributed by atoms with Crippen LogP contribution in [0.1, 0.15) is 95.6 Å². The average Bonchev–Trinajstić information content (AvgIpc) is 3.74. The van der Waals surface area contributed by atoms with Crippen molar-refractivity contribution in [2.75, 3.05) is 11.9 Å². The average molecular weight is 629 g/mol. The number of anilines is 1. The normalized spacial score (nSPS) is 10.9. The maximum atomic E-state index is 12.2. The van der Waals surface area contributed by atoms with Crippen molar-refractivity contribution in [3.05, 3.63) is 77.7 Å². The lowest BCUT2D eigenvalue weighted by Crippen LogP contribution is -2.32. The largest absolute Gasteiger partial charge is 0.402 e. The molecule has 1 unspecified atom stereocenters. The van der Waals surface area contributed by atoms with Gasteiger partial charge in [-0.15, -0.1) is 11.3 Å². The van der Waals surface area contributed by atoms with E-state index in [4.69, 9.17) is 0 Å². The van der Waals surface area contributed by atoms with Gasteiger partial charge in [-0.3, -0.25) is 14.6 Å². The van der Waals surface area contributed by atoms with Gasteiger partial charge in [0.25, 0.3) is 5.91 Å². The van der Waals surface area contributed by atoms with Crippen LogP contribution in [0.15, 0.2) is 66.4 Å². The van der Waals surface area contributed by atoms with E-state index in [9.17, 15) is 9.59 Å². The number of amides is 2. The summed E-state index contributed by atoms with van der Waals surface area (Å²) in [5.41, 5.74) is 5.35. The predicted octanol–water partition coefficient (Wildman–Crippen LogP) is 9.29. The van der Waals surface area contributed by atoms with Crippen LogP contribution in [-0.2, 0) is 4.79 Å². The smallest absolute Gasteiger partial charge is 0.253 e. The van der Waals surface area contributed by atoms with E-state index in [0.717, 1.165) is 34.0 Å². The van der Waals surface area contributed by atoms with Crippen molar-refractivity contribution in [1.82, 2.24) is 19.8 Å². The summed E-state index contributed by atoms with van der Waals surface area (Å²) < 4.78 is 1.77. The number of nitrogens with one attached hydrogen (secondary N) is 2. The van der Waals surface area contributed by atoms with E-state index in [0.29, 0.717) is 10.7 Å². The van der Waals surface area contributed by atoms with Crippen molar-refractivity contribution in [2.45, 2.75) is 93.3 Å². The number of hydrogen-bond donors (Lipinski definition) is 2. The Bertz CT molecular complexity index is 1430. The van der Waals surface area contributed by atoms with Gasteiger partial charge in [-0.2, -0.15) is 0 Å². The van der Waals surface area contributed by atoms with Crippen LogP contribution in [0, 0.1) is 12.8 Å². The van der Waals surface area contributed by atoms with Crippen molar-refractivity contribution in [2.24, 2.45) is 5.92 Å². The predicted molar refractivity (Wildman–Crippen MR) is 192 cm³/mol. The number of carbonyl (C=O) groups excluding carboxylic acids is 2. The highest BCUT2D eigenvalue weighted by atomic mass is 32.1. The summed E-state index contributed by atoms with van der Waals surface area (Å²) >= 11 is 1.34. The third kappa shape index (κ3) is 13.9. The lowest BCUT2D eigenvalue weighted by atomic mass is 10.0. The highest BCUT2D eigenvalue weighted by Gasteiger charge is 2.12. The van der Waals surface area contributed by atoms with Crippen LogP contribution in [0.5, 0.6) is 0 Å². The topological polar surface area (TPSA) is 88.9 Å². The van der Waals surface area contributed by atoms with Crippen LogP contribution in [0.4, 0.5) is 5.13 Å². The summed E-state index contributed by atoms with van der Waals surface area (Å²) in [6, 6.07) is 13.8. The number of thiazole rings is 1. The first kappa shape index (κ1) is 37.5. The molecule has 0 aliphatic carbocycles. The number of aromatic nitrogens is 3. The van der Waals surface area contributed by atoms with Crippen LogP contribution in [0.3, 0.4) is 0 Å². The molecule has 0 saturated heterocycles. The molecule has 0 spiro atoms. The Labute approximate surface area is 275 Å². The molecular weight excluding hydrogens is 577 g/mol. The molecule has 1 radical (unpaired) electrons. The van der Waals surface area contributed by atoms with Crippen molar-refractivity contribution in [3.63, 3.8) is 0 Å². The van der Waals surface area contributed by atoms with Crippen molar-refractivity contribution in [1.29, 1.82) is 0 Å². The summed E-state index contributed by atoms with van der Waals surface area (Å²) in [6.45, 7) is 14.9. The molecule has 2 N–H and O–H groups in total. The fraction of sp³-hybridized carbons (Fsp3) is 0.444. The van der Waals surface area contributed by atoms with Gasteiger partial charge in [0.1, 0.15) is 0 Å². The van der Waals surface area contributed by atoms with Gasteiger partial charge in [0, 0.05) is 29.0 Å². The molecule has 3 heterocycles. The van der Waals surface area contributed by atoms with E-state index in [-0.39, 0.29) is 18.4 Å². The number of carbonyl (C=O) groups is 2. The Balaban J connectivity index is 0.000000458. The summed E-state index contributed by atoms with van der Waals surface area (Å²) in [7, 11) is 1.83. The number of pyridine rings is 1. The second-order valence-electron chi connectivity index (χ2n) is 11.2. The van der Waals surface area contributed by atoms with Gasteiger partial charge in [0.2, 0.25) is 13.3 Å². The maximum Gasteiger partial charge on any atom is 0.253 e. The molecule has 3 aromatic heterocycles. The van der Waals surface area contributed by atoms with Crippen LogP contribution in [0.2, 0.25) is 6.82 Å². The third-order valence-corrected chi connectivity index (χ3v) is 8.08. The standard InChI is InChI=1S/C23H21BN5O2S.C9H20.C4H10/c1-15-10-17(6-8-25-15)16-4-3-5-18(11-16)20-14-32-23(27-20)28-21(30)12-26-22(31)19-7-9-29(13-19)24-2;1-4-6-7-8-9(3)5-2;1-3-4-2/h3-11,13-14H,12H2,1-2H3,(H,26,31)(H,27,28,30);9H,4-8H2,1-3H3;3-4H2,1-2H3. The summed E-state index contributed by atoms with van der Waals surface area (Å²) in [5.74, 6) is 0.321. The van der Waals surface area contributed by atoms with Gasteiger partial charge in [-0.05, 0) is 54.4 Å². The fourth-order valence-corrected chi connectivity index (χ4v) is 4.86. The highest BCUT2D eigenvalue weighted by Crippen LogP contribution is 2.29. The Morgan fingerprint density at radius 1 is 0.978 bits per heavy atom. The lowest BCUT2D eigenvalue weighted by Gasteiger charge is -2.05. The van der Waals surface area contributed by atoms with Gasteiger partial charge in [-0.25, -0.2) is 4.98 Å². The van der Waals surface area contributed by atoms with Gasteiger partial charge >= 0.3 is 0 Å². The summed E-state index contributed by atoms with van der Waals surface area (Å²) in [4.78, 5) is 33.2. The minimum absolute atomic E-state index is 0.133. The number of benzene rings is 1. The third-order valence-electron chi connectivity index (χ3n) is 7.32. The first-order chi connectivity index (χ1) is 21.7. The van der Waals surface area contributed by atoms with Crippen LogP contribution in [-0.4, -0.2) is 40.2 Å². The molecule has 0 aliphatic rings. The molecule has 0 saturated carbocycles. The molecule has 45 heavy (non-hydrogen) atoms. The first-order valence-electron chi connectivity index (χ1n) is 16.3. The number of aryl methyl sites for hydroxylation is 1. The highest BCUT2D eigenvalue weighted by molar-refractivity contribution is 7.14. The van der Waals surface area contributed by atoms with E-state index in [1.807, 2.05) is 56.9 Å². The second kappa shape index (κ2) is 21.1. The number of hydrogen-bond acceptors (Lipinski definition) is 5. The van der Waals surface area contributed by atoms with Crippen molar-refractivity contribution >= 4 is 35.7 Å². The van der Waals surface area contributed by atoms with E-state index >= 15 is 0 Å². The molecule has 1 atom stereocenters. The fourth-order valence-electron chi connectivity index (χ4n) is 4.13. The molecule has 2 amide bonds. The quantitative estimate of drug-likeness (QED) is 0.114. The Morgan fingerprint density at radius 2 is 1.71 bits per heavy atom. The van der Waals surface area contributed by atoms with Gasteiger partial charge < -0.3 is 15.1 Å². The van der Waals surface area contributed by atoms with Gasteiger partial charge in [0.05, 0.1) is 17.8 Å². The molecule has 0 fully saturated rings. The van der Waals surface area contributed by atoms with Crippen molar-refractivity contribution < 1.29 is 9.59 Å². The number of rotatable bonds is 13. The summed E-state index contributed by atoms with van der Waals surface area (Å²) in [6.07, 6.45) is 14.9. The van der Waals surface area contributed by atoms with E-state index in [2.05, 4.69) is 61.3 Å². The van der Waals surface area contributed by atoms with Crippen molar-refractivity contribution in [3.8, 4) is 22.4 Å². The SMILES string of the molecule is CCCC.CCCCCC(C)CC.C[B]n1ccc(C(=O)NCC(=O)Nc2nc(-c3cccc(-c4ccnc(C)c4)c3)cs2)c1. The molecular formula is C36H51BN5O2S. The zero-order chi connectivity index (χ0) is 33.0. The summed E-state index contributed by atoms with van der Waals surface area (Å²) in [5, 5.41) is 7.74. The zero-order valence-electron chi connectivity index (χ0n) is 28.2. The molecule has 7 nitrogen and oxygen atoms in total. The first-order valence-corrected chi connectivity index (χ1v) is 17.2. The number of nitrogens with zero attached hydrogens (tertiary/aromatic N) is 3. The Kier molecular flexibility index (Phi) is 17.6. The minimum atomic E-state index is -0.332. The molecule has 0 aliphatic heterocycles. The zero-order valence-corrected chi connectivity index (χ0v) is 29.0. The Morgan fingerprint density at radius 3 is 2.36 bits per heavy atom. The lowest BCUT2D eigenvalue weighted by molar-refractivity contribution is -0.115. The molecule has 0 bridgehead atoms. The van der Waals surface area contributed by atoms with Gasteiger partial charge in [-0.1, -0.05) is 105 Å². The molecule has 241 valence electrons. The second-order valence-corrected chi connectivity index (χ2v) is 12.0. The molecule has 1 aromatic carbocycles. The Hall–Kier alpha value is -3.72. The van der Waals surface area contributed by atoms with Crippen LogP contribution < -0.4 is 10.6 Å². The number of unbranched alkanes of at least 4 members (excludes halogenated alkanes) is 3. The molecule has 9 heteroatoms. The van der Waals surface area contributed by atoms with E-state index in [1.54, 1.807) is 29.1 Å². The van der Waals surface area contributed by atoms with Gasteiger partial charge in [0.15, 0.2) is 5.13 Å². The van der Waals surface area contributed by atoms with E-state index in [1.165, 1.54) is 56.3 Å². The van der Waals surface area contributed by atoms with Crippen LogP contribution in [0.25, 0.3) is 22.4 Å². The maximum absolute atomic E-state index is 12.2. The van der Waals surface area contributed by atoms with Crippen LogP contribution >= 0.6 is 11.3 Å². The van der Waals surface area contributed by atoms with E-state index < -0.39 is 0 Å². The monoisotopic (exact) mass is 628 g/mol. The molecule has 4 aromatic rings.